The minimum Gasteiger partial charge on any atom is -0.381 e. The largest absolute Gasteiger partial charge is 0.407 e. The number of alkyl halides is 3. The number of nitrogens with zero attached hydrogens (tertiary/aromatic N) is 3. The number of carbonyl (C=O) groups is 1. The standard InChI is InChI=1S/C33H39ClF5N3O4S/c1-20-14-31(42(19-33(37,38)39)47(44,45)24-3-4-24)26(16-29(20)34)21-6-10-40(11-7-21)32(43)28-18-41(23-8-12-46-13-9-23)17-27(28)25-5-2-22(35)15-30(25)36/h2,5,14-16,21,23-24,27-28H,3-4,6-13,17-19H2,1H3/t27?,28-/m1/s1. The van der Waals surface area contributed by atoms with Crippen molar-refractivity contribution in [2.45, 2.75) is 74.8 Å². The van der Waals surface area contributed by atoms with Gasteiger partial charge >= 0.3 is 6.18 Å². The number of carbonyl (C=O) groups excluding carboxylic acids is 1. The van der Waals surface area contributed by atoms with Crippen LogP contribution in [0.3, 0.4) is 0 Å². The zero-order chi connectivity index (χ0) is 33.7. The predicted molar refractivity (Wildman–Crippen MR) is 168 cm³/mol. The normalized spacial score (nSPS) is 23.8. The van der Waals surface area contributed by atoms with Crippen molar-refractivity contribution in [2.24, 2.45) is 5.92 Å². The fourth-order valence-electron chi connectivity index (χ4n) is 7.44. The minimum atomic E-state index is -4.76. The van der Waals surface area contributed by atoms with Gasteiger partial charge in [-0.05, 0) is 86.3 Å². The number of benzene rings is 2. The van der Waals surface area contributed by atoms with Crippen LogP contribution in [0.4, 0.5) is 27.6 Å². The van der Waals surface area contributed by atoms with E-state index in [0.717, 1.165) is 18.9 Å². The van der Waals surface area contributed by atoms with Gasteiger partial charge in [0.25, 0.3) is 0 Å². The third-order valence-corrected chi connectivity index (χ3v) is 12.8. The van der Waals surface area contributed by atoms with E-state index in [9.17, 15) is 30.8 Å². The van der Waals surface area contributed by atoms with Crippen LogP contribution >= 0.6 is 11.6 Å². The Balaban J connectivity index is 1.23. The lowest BCUT2D eigenvalue weighted by Gasteiger charge is -2.37. The number of halogens is 6. The van der Waals surface area contributed by atoms with E-state index in [4.69, 9.17) is 16.3 Å². The number of ether oxygens (including phenoxy) is 1. The summed E-state index contributed by atoms with van der Waals surface area (Å²) in [7, 11) is -4.25. The lowest BCUT2D eigenvalue weighted by atomic mass is 9.85. The highest BCUT2D eigenvalue weighted by Crippen LogP contribution is 2.44. The van der Waals surface area contributed by atoms with E-state index in [0.29, 0.717) is 78.0 Å². The molecule has 0 spiro atoms. The van der Waals surface area contributed by atoms with Crippen LogP contribution in [0.1, 0.15) is 67.1 Å². The lowest BCUT2D eigenvalue weighted by Crippen LogP contribution is -2.44. The maximum absolute atomic E-state index is 15.1. The molecule has 6 rings (SSSR count). The number of anilines is 1. The van der Waals surface area contributed by atoms with E-state index in [-0.39, 0.29) is 36.6 Å². The van der Waals surface area contributed by atoms with Crippen LogP contribution in [-0.4, -0.2) is 87.5 Å². The molecule has 0 aromatic heterocycles. The number of amides is 1. The summed E-state index contributed by atoms with van der Waals surface area (Å²) in [5, 5.41) is -0.527. The Bertz CT molecular complexity index is 1590. The Morgan fingerprint density at radius 3 is 2.28 bits per heavy atom. The van der Waals surface area contributed by atoms with E-state index in [1.807, 2.05) is 0 Å². The molecule has 0 N–H and O–H groups in total. The van der Waals surface area contributed by atoms with E-state index in [1.54, 1.807) is 17.9 Å². The fourth-order valence-corrected chi connectivity index (χ4v) is 9.46. The summed E-state index contributed by atoms with van der Waals surface area (Å²) in [5.41, 5.74) is 1.16. The first-order valence-electron chi connectivity index (χ1n) is 16.2. The van der Waals surface area contributed by atoms with Gasteiger partial charge in [-0.1, -0.05) is 17.7 Å². The van der Waals surface area contributed by atoms with E-state index >= 15 is 4.39 Å². The maximum atomic E-state index is 15.1. The number of sulfonamides is 1. The Morgan fingerprint density at radius 2 is 1.66 bits per heavy atom. The van der Waals surface area contributed by atoms with Crippen LogP contribution in [0.2, 0.25) is 5.02 Å². The van der Waals surface area contributed by atoms with Gasteiger partial charge in [0.2, 0.25) is 15.9 Å². The second kappa shape index (κ2) is 13.4. The topological polar surface area (TPSA) is 70.2 Å². The zero-order valence-corrected chi connectivity index (χ0v) is 27.7. The van der Waals surface area contributed by atoms with Gasteiger partial charge in [-0.2, -0.15) is 13.2 Å². The molecule has 0 bridgehead atoms. The molecule has 4 aliphatic rings. The van der Waals surface area contributed by atoms with Crippen LogP contribution in [-0.2, 0) is 19.6 Å². The Hall–Kier alpha value is -2.48. The summed E-state index contributed by atoms with van der Waals surface area (Å²) in [5.74, 6) is -2.91. The van der Waals surface area contributed by atoms with Crippen molar-refractivity contribution in [3.63, 3.8) is 0 Å². The van der Waals surface area contributed by atoms with Crippen LogP contribution in [0.25, 0.3) is 0 Å². The van der Waals surface area contributed by atoms with Gasteiger partial charge in [0, 0.05) is 62.4 Å². The molecule has 0 radical (unpaired) electrons. The first kappa shape index (κ1) is 34.4. The van der Waals surface area contributed by atoms with Crippen molar-refractivity contribution >= 4 is 33.2 Å². The van der Waals surface area contributed by atoms with Gasteiger partial charge in [0.05, 0.1) is 16.9 Å². The minimum absolute atomic E-state index is 0.0179. The van der Waals surface area contributed by atoms with Crippen molar-refractivity contribution in [3.05, 3.63) is 63.7 Å². The summed E-state index contributed by atoms with van der Waals surface area (Å²) in [6.45, 7) is 2.66. The van der Waals surface area contributed by atoms with Crippen LogP contribution in [0.5, 0.6) is 0 Å². The number of rotatable bonds is 8. The van der Waals surface area contributed by atoms with E-state index < -0.39 is 51.5 Å². The van der Waals surface area contributed by atoms with E-state index in [1.165, 1.54) is 18.2 Å². The SMILES string of the molecule is Cc1cc(N(CC(F)(F)F)S(=O)(=O)C2CC2)c(C2CCN(C(=O)[C@@H]3CN(C4CCOCC4)CC3c3ccc(F)cc3F)CC2)cc1Cl. The van der Waals surface area contributed by atoms with Crippen molar-refractivity contribution in [3.8, 4) is 0 Å². The predicted octanol–water partition coefficient (Wildman–Crippen LogP) is 6.39. The van der Waals surface area contributed by atoms with Crippen LogP contribution < -0.4 is 4.31 Å². The molecule has 1 aliphatic carbocycles. The highest BCUT2D eigenvalue weighted by atomic mass is 35.5. The monoisotopic (exact) mass is 703 g/mol. The average molecular weight is 704 g/mol. The summed E-state index contributed by atoms with van der Waals surface area (Å²) < 4.78 is 103. The molecular formula is C33H39ClF5N3O4S. The summed E-state index contributed by atoms with van der Waals surface area (Å²) in [6.07, 6.45) is -1.77. The van der Waals surface area contributed by atoms with Crippen molar-refractivity contribution in [2.75, 3.05) is 50.2 Å². The van der Waals surface area contributed by atoms with Gasteiger partial charge in [-0.3, -0.25) is 14.0 Å². The third-order valence-electron chi connectivity index (χ3n) is 10.1. The number of piperidine rings is 1. The zero-order valence-electron chi connectivity index (χ0n) is 26.1. The molecule has 2 aromatic rings. The summed E-state index contributed by atoms with van der Waals surface area (Å²) in [6, 6.07) is 6.64. The number of hydrogen-bond donors (Lipinski definition) is 0. The quantitative estimate of drug-likeness (QED) is 0.298. The summed E-state index contributed by atoms with van der Waals surface area (Å²) in [4.78, 5) is 18.0. The first-order valence-corrected chi connectivity index (χ1v) is 18.0. The molecule has 3 saturated heterocycles. The molecule has 3 heterocycles. The maximum Gasteiger partial charge on any atom is 0.407 e. The highest BCUT2D eigenvalue weighted by molar-refractivity contribution is 7.93. The number of hydrogen-bond acceptors (Lipinski definition) is 5. The molecular weight excluding hydrogens is 665 g/mol. The van der Waals surface area contributed by atoms with Gasteiger partial charge in [0.15, 0.2) is 0 Å². The Kier molecular flexibility index (Phi) is 9.83. The molecule has 258 valence electrons. The smallest absolute Gasteiger partial charge is 0.381 e. The molecule has 1 saturated carbocycles. The second-order valence-corrected chi connectivity index (χ2v) is 15.8. The lowest BCUT2D eigenvalue weighted by molar-refractivity contribution is -0.136. The van der Waals surface area contributed by atoms with Gasteiger partial charge < -0.3 is 9.64 Å². The van der Waals surface area contributed by atoms with Gasteiger partial charge in [0.1, 0.15) is 18.2 Å². The van der Waals surface area contributed by atoms with Crippen molar-refractivity contribution < 1.29 is 39.9 Å². The molecule has 14 heteroatoms. The van der Waals surface area contributed by atoms with Gasteiger partial charge in [-0.25, -0.2) is 17.2 Å². The third kappa shape index (κ3) is 7.43. The molecule has 3 aliphatic heterocycles. The second-order valence-electron chi connectivity index (χ2n) is 13.3. The van der Waals surface area contributed by atoms with E-state index in [2.05, 4.69) is 4.90 Å². The molecule has 4 fully saturated rings. The summed E-state index contributed by atoms with van der Waals surface area (Å²) >= 11 is 6.45. The average Bonchev–Trinajstić information content (AvgIpc) is 3.81. The highest BCUT2D eigenvalue weighted by Gasteiger charge is 2.47. The Labute approximate surface area is 277 Å². The number of likely N-dealkylation sites (tertiary alicyclic amines) is 2. The molecule has 2 aromatic carbocycles. The number of aryl methyl sites for hydroxylation is 1. The van der Waals surface area contributed by atoms with Crippen LogP contribution in [0.15, 0.2) is 30.3 Å². The molecule has 1 unspecified atom stereocenters. The first-order chi connectivity index (χ1) is 22.2. The molecule has 47 heavy (non-hydrogen) atoms. The van der Waals surface area contributed by atoms with Crippen molar-refractivity contribution in [1.82, 2.24) is 9.80 Å². The molecule has 2 atom stereocenters. The van der Waals surface area contributed by atoms with Crippen LogP contribution in [0, 0.1) is 24.5 Å². The molecule has 1 amide bonds. The van der Waals surface area contributed by atoms with Gasteiger partial charge in [-0.15, -0.1) is 0 Å². The fraction of sp³-hybridized carbons (Fsp3) is 0.606. The molecule has 7 nitrogen and oxygen atoms in total. The Morgan fingerprint density at radius 1 is 0.979 bits per heavy atom. The van der Waals surface area contributed by atoms with Crippen molar-refractivity contribution in [1.29, 1.82) is 0 Å².